The fourth-order valence-corrected chi connectivity index (χ4v) is 8.44. The molecule has 5 aromatic rings. The highest BCUT2D eigenvalue weighted by Crippen LogP contribution is 2.34. The van der Waals surface area contributed by atoms with E-state index in [2.05, 4.69) is 168 Å². The SMILES string of the molecule is C.CC(C)N1CCc2ccccc21.CC(C)N1Cc2ccccc2C1.CC(C)N1Cc2cccnc2C1.CC(C)c1ccc2c(c1)CCC2.CC(C)c1ccc2c(c1)OCO2. The lowest BCUT2D eigenvalue weighted by atomic mass is 9.99. The molecule has 0 bridgehead atoms. The summed E-state index contributed by atoms with van der Waals surface area (Å²) in [5.41, 5.74) is 14.6. The number of rotatable bonds is 5. The number of para-hydroxylation sites is 1. The predicted molar refractivity (Wildman–Crippen MR) is 258 cm³/mol. The molecule has 1 aliphatic carbocycles. The highest BCUT2D eigenvalue weighted by Gasteiger charge is 2.22. The third kappa shape index (κ3) is 12.7. The van der Waals surface area contributed by atoms with Crippen molar-refractivity contribution in [1.82, 2.24) is 14.8 Å². The van der Waals surface area contributed by atoms with E-state index in [4.69, 9.17) is 9.47 Å². The molecule has 0 fully saturated rings. The minimum absolute atomic E-state index is 0. The summed E-state index contributed by atoms with van der Waals surface area (Å²) < 4.78 is 10.5. The Balaban J connectivity index is 0.000000144. The third-order valence-electron chi connectivity index (χ3n) is 12.4. The standard InChI is InChI=1S/C12H16.2C11H15N.C10H14N2.C10H12O2.CH4/c1-9(2)11-7-6-10-4-3-5-12(10)8-11;1-9(2)12-7-10-5-3-4-6-11(10)8-12;1-9(2)12-8-7-10-5-3-4-6-11(10)12;1-8(2)12-6-9-4-3-5-11-10(9)7-12;1-7(2)8-3-4-9-10(5-8)12-6-11-9;/h6-9H,3-5H2,1-2H3;2*3-6,9H,7-8H2,1-2H3;3-5,8H,6-7H2,1-2H3;3-5,7H,6H2,1-2H3;1H4. The summed E-state index contributed by atoms with van der Waals surface area (Å²) >= 11 is 0. The van der Waals surface area contributed by atoms with Crippen LogP contribution in [0.25, 0.3) is 0 Å². The van der Waals surface area contributed by atoms with E-state index < -0.39 is 0 Å². The van der Waals surface area contributed by atoms with Crippen molar-refractivity contribution in [3.05, 3.63) is 153 Å². The first-order chi connectivity index (χ1) is 28.9. The molecule has 6 heteroatoms. The predicted octanol–water partition coefficient (Wildman–Crippen LogP) is 13.1. The van der Waals surface area contributed by atoms with Crippen LogP contribution in [0.1, 0.15) is 145 Å². The quantitative estimate of drug-likeness (QED) is 0.176. The van der Waals surface area contributed by atoms with Crippen LogP contribution < -0.4 is 14.4 Å². The molecular formula is C55H76N4O2. The van der Waals surface area contributed by atoms with Crippen molar-refractivity contribution < 1.29 is 9.47 Å². The number of fused-ring (bicyclic) bond motifs is 5. The fraction of sp³-hybridized carbons (Fsp3) is 0.473. The van der Waals surface area contributed by atoms with Gasteiger partial charge < -0.3 is 14.4 Å². The van der Waals surface area contributed by atoms with E-state index in [9.17, 15) is 0 Å². The Bertz CT molecular complexity index is 1950. The third-order valence-corrected chi connectivity index (χ3v) is 12.4. The van der Waals surface area contributed by atoms with E-state index in [0.717, 1.165) is 37.7 Å². The van der Waals surface area contributed by atoms with Gasteiger partial charge in [-0.05, 0) is 148 Å². The van der Waals surface area contributed by atoms with Crippen LogP contribution in [0.15, 0.2) is 103 Å². The summed E-state index contributed by atoms with van der Waals surface area (Å²) in [7, 11) is 0. The molecule has 5 heterocycles. The average molecular weight is 825 g/mol. The number of aryl methyl sites for hydroxylation is 2. The number of aromatic nitrogens is 1. The van der Waals surface area contributed by atoms with Gasteiger partial charge in [-0.2, -0.15) is 0 Å². The van der Waals surface area contributed by atoms with Crippen molar-refractivity contribution in [3.8, 4) is 11.5 Å². The second-order valence-electron chi connectivity index (χ2n) is 18.3. The zero-order valence-electron chi connectivity index (χ0n) is 38.4. The van der Waals surface area contributed by atoms with E-state index in [1.165, 1.54) is 77.0 Å². The number of anilines is 1. The van der Waals surface area contributed by atoms with Gasteiger partial charge in [0.2, 0.25) is 6.79 Å². The second kappa shape index (κ2) is 22.4. The van der Waals surface area contributed by atoms with E-state index >= 15 is 0 Å². The van der Waals surface area contributed by atoms with Crippen LogP contribution >= 0.6 is 0 Å². The smallest absolute Gasteiger partial charge is 0.231 e. The van der Waals surface area contributed by atoms with E-state index in [1.54, 1.807) is 11.1 Å². The van der Waals surface area contributed by atoms with Crippen LogP contribution in [0.3, 0.4) is 0 Å². The molecule has 4 aromatic carbocycles. The molecule has 0 saturated heterocycles. The van der Waals surface area contributed by atoms with E-state index in [1.807, 2.05) is 24.4 Å². The molecule has 0 N–H and O–H groups in total. The molecule has 4 aliphatic heterocycles. The number of hydrogen-bond acceptors (Lipinski definition) is 6. The van der Waals surface area contributed by atoms with Crippen molar-refractivity contribution in [3.63, 3.8) is 0 Å². The zero-order valence-corrected chi connectivity index (χ0v) is 38.4. The molecule has 6 nitrogen and oxygen atoms in total. The highest BCUT2D eigenvalue weighted by atomic mass is 16.7. The molecule has 328 valence electrons. The van der Waals surface area contributed by atoms with Gasteiger partial charge in [-0.25, -0.2) is 0 Å². The highest BCUT2D eigenvalue weighted by molar-refractivity contribution is 5.58. The number of hydrogen-bond donors (Lipinski definition) is 0. The van der Waals surface area contributed by atoms with E-state index in [-0.39, 0.29) is 7.43 Å². The minimum atomic E-state index is 0. The molecule has 0 saturated carbocycles. The molecule has 10 rings (SSSR count). The van der Waals surface area contributed by atoms with Gasteiger partial charge in [0.05, 0.1) is 5.69 Å². The molecule has 0 spiro atoms. The molecule has 0 atom stereocenters. The molecular weight excluding hydrogens is 749 g/mol. The van der Waals surface area contributed by atoms with Gasteiger partial charge in [-0.3, -0.25) is 14.8 Å². The van der Waals surface area contributed by atoms with Crippen LogP contribution in [0.5, 0.6) is 11.5 Å². The Kier molecular flexibility index (Phi) is 17.4. The number of nitrogens with zero attached hydrogens (tertiary/aromatic N) is 4. The first kappa shape index (κ1) is 47.4. The summed E-state index contributed by atoms with van der Waals surface area (Å²) in [6.07, 6.45) is 7.05. The topological polar surface area (TPSA) is 41.1 Å². The number of ether oxygens (including phenoxy) is 2. The maximum atomic E-state index is 5.27. The summed E-state index contributed by atoms with van der Waals surface area (Å²) in [4.78, 5) is 11.7. The van der Waals surface area contributed by atoms with Crippen molar-refractivity contribution in [2.24, 2.45) is 0 Å². The first-order valence-corrected chi connectivity index (χ1v) is 22.7. The lowest BCUT2D eigenvalue weighted by molar-refractivity contribution is 0.174. The van der Waals surface area contributed by atoms with Crippen molar-refractivity contribution in [2.75, 3.05) is 18.2 Å². The first-order valence-electron chi connectivity index (χ1n) is 22.7. The van der Waals surface area contributed by atoms with Crippen molar-refractivity contribution >= 4 is 5.69 Å². The summed E-state index contributed by atoms with van der Waals surface area (Å²) in [5, 5.41) is 0. The van der Waals surface area contributed by atoms with Crippen molar-refractivity contribution in [2.45, 2.75) is 158 Å². The van der Waals surface area contributed by atoms with Gasteiger partial charge in [-0.1, -0.05) is 108 Å². The Hall–Kier alpha value is -4.65. The maximum Gasteiger partial charge on any atom is 0.231 e. The lowest BCUT2D eigenvalue weighted by Gasteiger charge is -2.23. The monoisotopic (exact) mass is 825 g/mol. The van der Waals surface area contributed by atoms with Crippen LogP contribution in [0.2, 0.25) is 0 Å². The van der Waals surface area contributed by atoms with Gasteiger partial charge in [-0.15, -0.1) is 0 Å². The molecule has 0 unspecified atom stereocenters. The van der Waals surface area contributed by atoms with Gasteiger partial charge in [0.15, 0.2) is 11.5 Å². The molecule has 5 aliphatic rings. The summed E-state index contributed by atoms with van der Waals surface area (Å²) in [6.45, 7) is 28.2. The zero-order chi connectivity index (χ0) is 42.8. The Morgan fingerprint density at radius 2 is 1.05 bits per heavy atom. The van der Waals surface area contributed by atoms with Gasteiger partial charge in [0.1, 0.15) is 0 Å². The second-order valence-corrected chi connectivity index (χ2v) is 18.3. The Labute approximate surface area is 370 Å². The van der Waals surface area contributed by atoms with Crippen molar-refractivity contribution in [1.29, 1.82) is 0 Å². The maximum absolute atomic E-state index is 5.27. The Morgan fingerprint density at radius 1 is 0.492 bits per heavy atom. The van der Waals surface area contributed by atoms with Crippen LogP contribution in [0, 0.1) is 0 Å². The van der Waals surface area contributed by atoms with Gasteiger partial charge in [0.25, 0.3) is 0 Å². The number of pyridine rings is 1. The molecule has 1 aromatic heterocycles. The average Bonchev–Trinajstić information content (AvgIpc) is 4.10. The van der Waals surface area contributed by atoms with Gasteiger partial charge >= 0.3 is 0 Å². The van der Waals surface area contributed by atoms with Crippen LogP contribution in [-0.4, -0.2) is 46.2 Å². The van der Waals surface area contributed by atoms with E-state index in [0.29, 0.717) is 36.8 Å². The number of benzene rings is 4. The van der Waals surface area contributed by atoms with Gasteiger partial charge in [0, 0.05) is 62.7 Å². The fourth-order valence-electron chi connectivity index (χ4n) is 8.44. The summed E-state index contributed by atoms with van der Waals surface area (Å²) in [5.74, 6) is 2.95. The largest absolute Gasteiger partial charge is 0.454 e. The van der Waals surface area contributed by atoms with Crippen LogP contribution in [-0.2, 0) is 45.4 Å². The minimum Gasteiger partial charge on any atom is -0.454 e. The Morgan fingerprint density at radius 3 is 1.69 bits per heavy atom. The lowest BCUT2D eigenvalue weighted by Crippen LogP contribution is -2.28. The molecule has 0 amide bonds. The van der Waals surface area contributed by atoms with Crippen LogP contribution in [0.4, 0.5) is 5.69 Å². The normalized spacial score (nSPS) is 15.4. The molecule has 0 radical (unpaired) electrons. The summed E-state index contributed by atoms with van der Waals surface area (Å²) in [6, 6.07) is 36.6. The molecule has 61 heavy (non-hydrogen) atoms.